The molecule has 0 saturated carbocycles. The predicted octanol–water partition coefficient (Wildman–Crippen LogP) is 1.27. The van der Waals surface area contributed by atoms with Gasteiger partial charge in [0.05, 0.1) is 17.7 Å². The molecule has 3 aliphatic rings. The lowest BCUT2D eigenvalue weighted by Crippen LogP contribution is -2.54. The van der Waals surface area contributed by atoms with E-state index in [1.165, 1.54) is 19.4 Å². The number of hydrogen-bond acceptors (Lipinski definition) is 7. The maximum absolute atomic E-state index is 13.1. The minimum Gasteiger partial charge on any atom is -0.493 e. The summed E-state index contributed by atoms with van der Waals surface area (Å²) in [6.45, 7) is 9.05. The van der Waals surface area contributed by atoms with Gasteiger partial charge >= 0.3 is 0 Å². The number of unbranched alkanes of at least 4 members (excludes halogenated alkanes) is 1. The number of piperazine rings is 1. The van der Waals surface area contributed by atoms with Crippen molar-refractivity contribution < 1.29 is 23.9 Å². The van der Waals surface area contributed by atoms with Crippen LogP contribution < -0.4 is 10.1 Å². The molecular weight excluding hydrogens is 424 g/mol. The van der Waals surface area contributed by atoms with Crippen LogP contribution in [-0.2, 0) is 9.59 Å². The summed E-state index contributed by atoms with van der Waals surface area (Å²) in [7, 11) is 0. The lowest BCUT2D eigenvalue weighted by Gasteiger charge is -2.34. The van der Waals surface area contributed by atoms with Gasteiger partial charge in [-0.3, -0.25) is 29.4 Å². The maximum atomic E-state index is 13.1. The standard InChI is InChI=1S/C24H32N4O5/c1-2-3-10-26-12-14-27(15-13-26)11-5-16-33-19-7-4-6-17-21(19)24(32)28(23(17)31)18-8-9-20(29)25-22(18)30/h4,6-7,18H,2-3,5,8-16H2,1H3,(H,25,29,30). The fraction of sp³-hybridized carbons (Fsp3) is 0.583. The fourth-order valence-electron chi connectivity index (χ4n) is 4.69. The summed E-state index contributed by atoms with van der Waals surface area (Å²) in [6, 6.07) is 3.97. The van der Waals surface area contributed by atoms with Gasteiger partial charge in [-0.1, -0.05) is 19.4 Å². The van der Waals surface area contributed by atoms with Crippen molar-refractivity contribution in [1.82, 2.24) is 20.0 Å². The van der Waals surface area contributed by atoms with E-state index in [-0.39, 0.29) is 29.9 Å². The molecule has 3 heterocycles. The molecule has 1 aromatic rings. The van der Waals surface area contributed by atoms with Crippen molar-refractivity contribution >= 4 is 23.6 Å². The molecule has 1 aromatic carbocycles. The summed E-state index contributed by atoms with van der Waals surface area (Å²) in [5.74, 6) is -1.69. The van der Waals surface area contributed by atoms with Crippen LogP contribution in [0.2, 0.25) is 0 Å². The topological polar surface area (TPSA) is 99.3 Å². The second kappa shape index (κ2) is 10.4. The normalized spacial score (nSPS) is 22.0. The van der Waals surface area contributed by atoms with Crippen LogP contribution in [0.4, 0.5) is 0 Å². The quantitative estimate of drug-likeness (QED) is 0.441. The van der Waals surface area contributed by atoms with Gasteiger partial charge in [-0.25, -0.2) is 0 Å². The molecule has 9 heteroatoms. The van der Waals surface area contributed by atoms with E-state index in [1.807, 2.05) is 0 Å². The molecule has 0 bridgehead atoms. The number of fused-ring (bicyclic) bond motifs is 1. The Bertz CT molecular complexity index is 925. The maximum Gasteiger partial charge on any atom is 0.266 e. The number of amides is 4. The van der Waals surface area contributed by atoms with Gasteiger partial charge in [0.25, 0.3) is 11.8 Å². The number of carbonyl (C=O) groups is 4. The molecule has 4 amide bonds. The molecule has 1 unspecified atom stereocenters. The first-order chi connectivity index (χ1) is 16.0. The summed E-state index contributed by atoms with van der Waals surface area (Å²) in [5.41, 5.74) is 0.446. The largest absolute Gasteiger partial charge is 0.493 e. The Morgan fingerprint density at radius 3 is 2.33 bits per heavy atom. The Kier molecular flexibility index (Phi) is 7.39. The zero-order chi connectivity index (χ0) is 23.4. The number of carbonyl (C=O) groups excluding carboxylic acids is 4. The number of piperidine rings is 1. The highest BCUT2D eigenvalue weighted by Crippen LogP contribution is 2.33. The zero-order valence-corrected chi connectivity index (χ0v) is 19.2. The van der Waals surface area contributed by atoms with E-state index in [1.54, 1.807) is 18.2 Å². The first kappa shape index (κ1) is 23.4. The molecule has 0 aromatic heterocycles. The second-order valence-electron chi connectivity index (χ2n) is 8.86. The highest BCUT2D eigenvalue weighted by Gasteiger charge is 2.45. The van der Waals surface area contributed by atoms with Crippen LogP contribution >= 0.6 is 0 Å². The van der Waals surface area contributed by atoms with Crippen LogP contribution in [-0.4, -0.2) is 90.2 Å². The molecule has 9 nitrogen and oxygen atoms in total. The summed E-state index contributed by atoms with van der Waals surface area (Å²) in [5, 5.41) is 2.21. The zero-order valence-electron chi connectivity index (χ0n) is 19.2. The van der Waals surface area contributed by atoms with Crippen LogP contribution in [0, 0.1) is 0 Å². The number of rotatable bonds is 9. The third-order valence-corrected chi connectivity index (χ3v) is 6.60. The SMILES string of the molecule is CCCCN1CCN(CCCOc2cccc3c2C(=O)N(C2CCC(=O)NC2=O)C3=O)CC1. The van der Waals surface area contributed by atoms with Crippen LogP contribution in [0.1, 0.15) is 59.7 Å². The van der Waals surface area contributed by atoms with E-state index in [4.69, 9.17) is 4.74 Å². The lowest BCUT2D eigenvalue weighted by molar-refractivity contribution is -0.136. The first-order valence-electron chi connectivity index (χ1n) is 11.9. The van der Waals surface area contributed by atoms with Gasteiger partial charge in [0, 0.05) is 39.1 Å². The Hall–Kier alpha value is -2.78. The highest BCUT2D eigenvalue weighted by atomic mass is 16.5. The average Bonchev–Trinajstić information content (AvgIpc) is 3.07. The van der Waals surface area contributed by atoms with Gasteiger partial charge in [-0.05, 0) is 37.9 Å². The van der Waals surface area contributed by atoms with Crippen molar-refractivity contribution in [2.75, 3.05) is 45.9 Å². The van der Waals surface area contributed by atoms with E-state index >= 15 is 0 Å². The van der Waals surface area contributed by atoms with Crippen molar-refractivity contribution in [3.63, 3.8) is 0 Å². The smallest absolute Gasteiger partial charge is 0.266 e. The van der Waals surface area contributed by atoms with Crippen molar-refractivity contribution in [3.05, 3.63) is 29.3 Å². The van der Waals surface area contributed by atoms with Crippen LogP contribution in [0.15, 0.2) is 18.2 Å². The number of imide groups is 2. The van der Waals surface area contributed by atoms with E-state index in [2.05, 4.69) is 22.0 Å². The second-order valence-corrected chi connectivity index (χ2v) is 8.86. The predicted molar refractivity (Wildman–Crippen MR) is 121 cm³/mol. The fourth-order valence-corrected chi connectivity index (χ4v) is 4.69. The first-order valence-corrected chi connectivity index (χ1v) is 11.9. The van der Waals surface area contributed by atoms with Gasteiger partial charge < -0.3 is 14.5 Å². The molecule has 178 valence electrons. The molecule has 2 fully saturated rings. The number of nitrogens with zero attached hydrogens (tertiary/aromatic N) is 3. The number of ether oxygens (including phenoxy) is 1. The van der Waals surface area contributed by atoms with Crippen molar-refractivity contribution in [1.29, 1.82) is 0 Å². The van der Waals surface area contributed by atoms with Crippen molar-refractivity contribution in [3.8, 4) is 5.75 Å². The van der Waals surface area contributed by atoms with E-state index in [0.29, 0.717) is 12.4 Å². The summed E-state index contributed by atoms with van der Waals surface area (Å²) < 4.78 is 5.92. The average molecular weight is 457 g/mol. The minimum absolute atomic E-state index is 0.0973. The molecule has 3 aliphatic heterocycles. The van der Waals surface area contributed by atoms with Crippen LogP contribution in [0.3, 0.4) is 0 Å². The Morgan fingerprint density at radius 1 is 0.970 bits per heavy atom. The van der Waals surface area contributed by atoms with Crippen molar-refractivity contribution in [2.45, 2.75) is 45.1 Å². The monoisotopic (exact) mass is 456 g/mol. The molecule has 4 rings (SSSR count). The molecule has 1 atom stereocenters. The Balaban J connectivity index is 1.31. The minimum atomic E-state index is -0.973. The van der Waals surface area contributed by atoms with E-state index < -0.39 is 23.8 Å². The number of hydrogen-bond donors (Lipinski definition) is 1. The molecule has 0 aliphatic carbocycles. The molecule has 2 saturated heterocycles. The number of benzene rings is 1. The molecule has 1 N–H and O–H groups in total. The Labute approximate surface area is 194 Å². The highest BCUT2D eigenvalue weighted by molar-refractivity contribution is 6.24. The van der Waals surface area contributed by atoms with Crippen molar-refractivity contribution in [2.24, 2.45) is 0 Å². The summed E-state index contributed by atoms with van der Waals surface area (Å²) >= 11 is 0. The third-order valence-electron chi connectivity index (χ3n) is 6.60. The van der Waals surface area contributed by atoms with Gasteiger partial charge in [0.1, 0.15) is 11.8 Å². The lowest BCUT2D eigenvalue weighted by atomic mass is 10.0. The molecule has 33 heavy (non-hydrogen) atoms. The summed E-state index contributed by atoms with van der Waals surface area (Å²) in [6.07, 6.45) is 3.52. The summed E-state index contributed by atoms with van der Waals surface area (Å²) in [4.78, 5) is 55.6. The van der Waals surface area contributed by atoms with Gasteiger partial charge in [-0.2, -0.15) is 0 Å². The molecule has 0 spiro atoms. The van der Waals surface area contributed by atoms with Gasteiger partial charge in [0.15, 0.2) is 0 Å². The van der Waals surface area contributed by atoms with E-state index in [0.717, 1.165) is 44.0 Å². The Morgan fingerprint density at radius 2 is 1.67 bits per heavy atom. The van der Waals surface area contributed by atoms with Crippen LogP contribution in [0.5, 0.6) is 5.75 Å². The van der Waals surface area contributed by atoms with Gasteiger partial charge in [-0.15, -0.1) is 0 Å². The van der Waals surface area contributed by atoms with Crippen LogP contribution in [0.25, 0.3) is 0 Å². The van der Waals surface area contributed by atoms with E-state index in [9.17, 15) is 19.2 Å². The third kappa shape index (κ3) is 5.09. The molecular formula is C24H32N4O5. The van der Waals surface area contributed by atoms with Gasteiger partial charge in [0.2, 0.25) is 11.8 Å². The number of nitrogens with one attached hydrogen (secondary N) is 1. The molecule has 0 radical (unpaired) electrons.